The van der Waals surface area contributed by atoms with Crippen LogP contribution in [0, 0.1) is 5.92 Å². The molecule has 1 atom stereocenters. The first-order chi connectivity index (χ1) is 7.81. The van der Waals surface area contributed by atoms with Crippen LogP contribution < -0.4 is 0 Å². The Bertz CT molecular complexity index is 328. The molecule has 1 aromatic rings. The minimum atomic E-state index is -0.237. The van der Waals surface area contributed by atoms with Crippen LogP contribution in [0.5, 0.6) is 0 Å². The lowest BCUT2D eigenvalue weighted by atomic mass is 10.00. The molecule has 1 unspecified atom stereocenters. The molecule has 0 spiro atoms. The van der Waals surface area contributed by atoms with E-state index in [0.29, 0.717) is 13.2 Å². The fourth-order valence-corrected chi connectivity index (χ4v) is 1.81. The van der Waals surface area contributed by atoms with Crippen molar-refractivity contribution in [1.82, 2.24) is 0 Å². The molecular weight excluding hydrogens is 204 g/mol. The van der Waals surface area contributed by atoms with Gasteiger partial charge < -0.3 is 14.3 Å². The Labute approximate surface area is 95.4 Å². The van der Waals surface area contributed by atoms with Crippen molar-refractivity contribution in [3.05, 3.63) is 35.9 Å². The van der Waals surface area contributed by atoms with E-state index in [0.717, 1.165) is 6.29 Å². The lowest BCUT2D eigenvalue weighted by molar-refractivity contribution is -0.205. The minimum absolute atomic E-state index is 0.112. The molecule has 2 rings (SSSR count). The van der Waals surface area contributed by atoms with Crippen LogP contribution in [0.2, 0.25) is 0 Å². The van der Waals surface area contributed by atoms with Crippen LogP contribution in [0.15, 0.2) is 30.3 Å². The molecule has 0 radical (unpaired) electrons. The first kappa shape index (κ1) is 11.3. The summed E-state index contributed by atoms with van der Waals surface area (Å²) < 4.78 is 11.1. The Morgan fingerprint density at radius 1 is 1.25 bits per heavy atom. The van der Waals surface area contributed by atoms with Crippen molar-refractivity contribution in [2.75, 3.05) is 13.2 Å². The zero-order valence-corrected chi connectivity index (χ0v) is 9.34. The molecule has 1 aromatic carbocycles. The number of benzene rings is 1. The fraction of sp³-hybridized carbons (Fsp3) is 0.462. The zero-order valence-electron chi connectivity index (χ0n) is 9.34. The fourth-order valence-electron chi connectivity index (χ4n) is 1.81. The summed E-state index contributed by atoms with van der Waals surface area (Å²) in [6, 6.07) is 10.1. The van der Waals surface area contributed by atoms with Crippen LogP contribution in [0.4, 0.5) is 0 Å². The highest BCUT2D eigenvalue weighted by molar-refractivity contribution is 5.53. The first-order valence-electron chi connectivity index (χ1n) is 5.54. The van der Waals surface area contributed by atoms with Gasteiger partial charge in [-0.25, -0.2) is 0 Å². The highest BCUT2D eigenvalue weighted by Gasteiger charge is 2.27. The van der Waals surface area contributed by atoms with Crippen molar-refractivity contribution < 1.29 is 14.3 Å². The molecule has 0 saturated carbocycles. The Morgan fingerprint density at radius 2 is 1.88 bits per heavy atom. The Balaban J connectivity index is 1.96. The average Bonchev–Trinajstić information content (AvgIpc) is 2.39. The van der Waals surface area contributed by atoms with Gasteiger partial charge in [-0.2, -0.15) is 0 Å². The third kappa shape index (κ3) is 2.49. The molecule has 1 heterocycles. The summed E-state index contributed by atoms with van der Waals surface area (Å²) in [5.74, 6) is 0.0769. The molecule has 0 amide bonds. The lowest BCUT2D eigenvalue weighted by Gasteiger charge is -2.31. The molecule has 16 heavy (non-hydrogen) atoms. The van der Waals surface area contributed by atoms with Crippen LogP contribution in [-0.2, 0) is 14.3 Å². The molecule has 1 aliphatic rings. The van der Waals surface area contributed by atoms with Gasteiger partial charge in [-0.15, -0.1) is 0 Å². The first-order valence-corrected chi connectivity index (χ1v) is 5.54. The summed E-state index contributed by atoms with van der Waals surface area (Å²) in [4.78, 5) is 10.5. The number of ether oxygens (including phenoxy) is 2. The molecule has 1 aliphatic heterocycles. The van der Waals surface area contributed by atoms with Crippen molar-refractivity contribution in [3.63, 3.8) is 0 Å². The zero-order chi connectivity index (χ0) is 11.4. The standard InChI is InChI=1S/C13H16O3/c1-10(12-5-3-2-4-6-12)13-15-8-11(7-14)9-16-13/h2-7,10-11,13H,8-9H2,1H3. The van der Waals surface area contributed by atoms with Gasteiger partial charge in [-0.3, -0.25) is 0 Å². The van der Waals surface area contributed by atoms with Gasteiger partial charge in [0.25, 0.3) is 0 Å². The van der Waals surface area contributed by atoms with Gasteiger partial charge in [0.1, 0.15) is 6.29 Å². The van der Waals surface area contributed by atoms with Gasteiger partial charge in [-0.1, -0.05) is 37.3 Å². The van der Waals surface area contributed by atoms with Crippen molar-refractivity contribution in [2.45, 2.75) is 19.1 Å². The van der Waals surface area contributed by atoms with Gasteiger partial charge in [0.2, 0.25) is 0 Å². The molecule has 1 saturated heterocycles. The van der Waals surface area contributed by atoms with Crippen LogP contribution in [0.1, 0.15) is 18.4 Å². The highest BCUT2D eigenvalue weighted by Crippen LogP contribution is 2.25. The third-order valence-corrected chi connectivity index (χ3v) is 2.88. The second kappa shape index (κ2) is 5.23. The third-order valence-electron chi connectivity index (χ3n) is 2.88. The second-order valence-electron chi connectivity index (χ2n) is 4.13. The normalized spacial score (nSPS) is 27.3. The van der Waals surface area contributed by atoms with E-state index in [9.17, 15) is 4.79 Å². The minimum Gasteiger partial charge on any atom is -0.351 e. The van der Waals surface area contributed by atoms with Crippen molar-refractivity contribution in [1.29, 1.82) is 0 Å². The topological polar surface area (TPSA) is 35.5 Å². The average molecular weight is 220 g/mol. The predicted octanol–water partition coefficient (Wildman–Crippen LogP) is 1.98. The number of carbonyl (C=O) groups is 1. The summed E-state index contributed by atoms with van der Waals surface area (Å²) in [5.41, 5.74) is 1.19. The number of carbonyl (C=O) groups excluding carboxylic acids is 1. The van der Waals surface area contributed by atoms with Gasteiger partial charge in [0.15, 0.2) is 6.29 Å². The summed E-state index contributed by atoms with van der Waals surface area (Å²) >= 11 is 0. The molecule has 0 N–H and O–H groups in total. The van der Waals surface area contributed by atoms with Crippen molar-refractivity contribution in [2.24, 2.45) is 5.92 Å². The maximum absolute atomic E-state index is 10.5. The number of hydrogen-bond donors (Lipinski definition) is 0. The van der Waals surface area contributed by atoms with Gasteiger partial charge in [0, 0.05) is 5.92 Å². The maximum Gasteiger partial charge on any atom is 0.164 e. The molecule has 86 valence electrons. The summed E-state index contributed by atoms with van der Waals surface area (Å²) in [6.07, 6.45) is 0.655. The lowest BCUT2D eigenvalue weighted by Crippen LogP contribution is -2.35. The largest absolute Gasteiger partial charge is 0.351 e. The van der Waals surface area contributed by atoms with E-state index in [4.69, 9.17) is 9.47 Å². The summed E-state index contributed by atoms with van der Waals surface area (Å²) in [7, 11) is 0. The smallest absolute Gasteiger partial charge is 0.164 e. The van der Waals surface area contributed by atoms with E-state index in [2.05, 4.69) is 19.1 Å². The van der Waals surface area contributed by atoms with E-state index in [1.807, 2.05) is 18.2 Å². The molecule has 1 fully saturated rings. The molecule has 3 heteroatoms. The molecule has 0 aromatic heterocycles. The van der Waals surface area contributed by atoms with Gasteiger partial charge in [0.05, 0.1) is 19.1 Å². The van der Waals surface area contributed by atoms with Crippen molar-refractivity contribution >= 4 is 6.29 Å². The summed E-state index contributed by atoms with van der Waals surface area (Å²) in [5, 5.41) is 0. The van der Waals surface area contributed by atoms with E-state index in [1.165, 1.54) is 5.56 Å². The molecular formula is C13H16O3. The number of rotatable bonds is 3. The van der Waals surface area contributed by atoms with E-state index in [1.54, 1.807) is 0 Å². The van der Waals surface area contributed by atoms with Crippen LogP contribution >= 0.6 is 0 Å². The predicted molar refractivity (Wildman–Crippen MR) is 60.1 cm³/mol. The van der Waals surface area contributed by atoms with Crippen LogP contribution in [-0.4, -0.2) is 25.8 Å². The second-order valence-corrected chi connectivity index (χ2v) is 4.13. The van der Waals surface area contributed by atoms with E-state index < -0.39 is 0 Å². The molecule has 3 nitrogen and oxygen atoms in total. The van der Waals surface area contributed by atoms with E-state index >= 15 is 0 Å². The highest BCUT2D eigenvalue weighted by atomic mass is 16.7. The SMILES string of the molecule is CC(c1ccccc1)C1OCC(C=O)CO1. The van der Waals surface area contributed by atoms with Crippen LogP contribution in [0.25, 0.3) is 0 Å². The molecule has 0 bridgehead atoms. The Morgan fingerprint density at radius 3 is 2.44 bits per heavy atom. The Hall–Kier alpha value is -1.19. The number of hydrogen-bond acceptors (Lipinski definition) is 3. The monoisotopic (exact) mass is 220 g/mol. The quantitative estimate of drug-likeness (QED) is 0.731. The molecule has 0 aliphatic carbocycles. The Kier molecular flexibility index (Phi) is 3.70. The summed E-state index contributed by atoms with van der Waals surface area (Å²) in [6.45, 7) is 3.00. The van der Waals surface area contributed by atoms with Crippen LogP contribution in [0.3, 0.4) is 0 Å². The number of aldehydes is 1. The van der Waals surface area contributed by atoms with Crippen molar-refractivity contribution in [3.8, 4) is 0 Å². The van der Waals surface area contributed by atoms with Gasteiger partial charge in [-0.05, 0) is 5.56 Å². The maximum atomic E-state index is 10.5. The van der Waals surface area contributed by atoms with Gasteiger partial charge >= 0.3 is 0 Å². The van der Waals surface area contributed by atoms with E-state index in [-0.39, 0.29) is 18.1 Å².